The van der Waals surface area contributed by atoms with Crippen LogP contribution in [-0.4, -0.2) is 9.38 Å². The van der Waals surface area contributed by atoms with Crippen molar-refractivity contribution in [3.8, 4) is 0 Å². The Hall–Kier alpha value is -1.31. The second kappa shape index (κ2) is 3.45. The van der Waals surface area contributed by atoms with Gasteiger partial charge in [-0.3, -0.25) is 0 Å². The average Bonchev–Trinajstić information content (AvgIpc) is 2.59. The molecule has 2 nitrogen and oxygen atoms in total. The van der Waals surface area contributed by atoms with E-state index in [1.807, 2.05) is 0 Å². The molecule has 2 heteroatoms. The molecule has 0 atom stereocenters. The maximum atomic E-state index is 4.55. The normalized spacial score (nSPS) is 11.4. The summed E-state index contributed by atoms with van der Waals surface area (Å²) in [5.41, 5.74) is 3.56. The monoisotopic (exact) mass is 188 g/mol. The Kier molecular flexibility index (Phi) is 2.28. The highest BCUT2D eigenvalue weighted by atomic mass is 15.0. The molecule has 0 aliphatic carbocycles. The van der Waals surface area contributed by atoms with Crippen LogP contribution in [-0.2, 0) is 6.42 Å². The lowest BCUT2D eigenvalue weighted by molar-refractivity contribution is 0.834. The van der Waals surface area contributed by atoms with Gasteiger partial charge in [0.05, 0.1) is 5.69 Å². The Balaban J connectivity index is 2.54. The van der Waals surface area contributed by atoms with Crippen LogP contribution in [0.3, 0.4) is 0 Å². The minimum Gasteiger partial charge on any atom is -0.307 e. The predicted molar refractivity (Wildman–Crippen MR) is 58.7 cm³/mol. The lowest BCUT2D eigenvalue weighted by Gasteiger charge is -1.96. The molecule has 0 aliphatic rings. The van der Waals surface area contributed by atoms with E-state index in [0.29, 0.717) is 5.92 Å². The van der Waals surface area contributed by atoms with E-state index in [4.69, 9.17) is 0 Å². The first-order valence-corrected chi connectivity index (χ1v) is 5.18. The summed E-state index contributed by atoms with van der Waals surface area (Å²) in [6, 6.07) is 4.23. The van der Waals surface area contributed by atoms with E-state index in [2.05, 4.69) is 54.7 Å². The molecule has 0 aliphatic heterocycles. The van der Waals surface area contributed by atoms with Gasteiger partial charge < -0.3 is 4.40 Å². The zero-order chi connectivity index (χ0) is 10.1. The summed E-state index contributed by atoms with van der Waals surface area (Å²) < 4.78 is 2.12. The average molecular weight is 188 g/mol. The molecule has 2 rings (SSSR count). The van der Waals surface area contributed by atoms with Gasteiger partial charge >= 0.3 is 0 Å². The molecular formula is C12H16N2. The van der Waals surface area contributed by atoms with Crippen molar-refractivity contribution >= 4 is 5.65 Å². The second-order valence-corrected chi connectivity index (χ2v) is 3.98. The summed E-state index contributed by atoms with van der Waals surface area (Å²) in [6.45, 7) is 6.51. The van der Waals surface area contributed by atoms with Crippen LogP contribution in [0, 0.1) is 0 Å². The Bertz CT molecular complexity index is 441. The molecule has 0 saturated carbocycles. The van der Waals surface area contributed by atoms with Crippen LogP contribution in [0.4, 0.5) is 0 Å². The van der Waals surface area contributed by atoms with Gasteiger partial charge in [-0.2, -0.15) is 0 Å². The van der Waals surface area contributed by atoms with Gasteiger partial charge in [0.25, 0.3) is 0 Å². The van der Waals surface area contributed by atoms with Gasteiger partial charge in [-0.1, -0.05) is 26.8 Å². The zero-order valence-corrected chi connectivity index (χ0v) is 8.99. The van der Waals surface area contributed by atoms with E-state index in [1.165, 1.54) is 11.3 Å². The van der Waals surface area contributed by atoms with Crippen molar-refractivity contribution in [3.63, 3.8) is 0 Å². The molecule has 74 valence electrons. The molecule has 0 spiro atoms. The standard InChI is InChI=1S/C12H16N2/c1-4-10-5-6-12-13-11(9(2)3)8-14(12)7-10/h5-9H,4H2,1-3H3. The van der Waals surface area contributed by atoms with E-state index < -0.39 is 0 Å². The molecule has 0 N–H and O–H groups in total. The third kappa shape index (κ3) is 1.52. The number of nitrogens with zero attached hydrogens (tertiary/aromatic N) is 2. The fraction of sp³-hybridized carbons (Fsp3) is 0.417. The zero-order valence-electron chi connectivity index (χ0n) is 8.99. The molecular weight excluding hydrogens is 172 g/mol. The number of hydrogen-bond acceptors (Lipinski definition) is 1. The summed E-state index contributed by atoms with van der Waals surface area (Å²) in [5.74, 6) is 0.500. The quantitative estimate of drug-likeness (QED) is 0.708. The van der Waals surface area contributed by atoms with Gasteiger partial charge in [0.1, 0.15) is 5.65 Å². The fourth-order valence-corrected chi connectivity index (χ4v) is 1.54. The molecule has 0 saturated heterocycles. The van der Waals surface area contributed by atoms with Crippen molar-refractivity contribution in [2.45, 2.75) is 33.1 Å². The number of rotatable bonds is 2. The van der Waals surface area contributed by atoms with Crippen LogP contribution < -0.4 is 0 Å². The molecule has 0 fully saturated rings. The molecule has 2 aromatic rings. The van der Waals surface area contributed by atoms with Crippen molar-refractivity contribution in [2.75, 3.05) is 0 Å². The number of aromatic nitrogens is 2. The molecule has 2 heterocycles. The largest absolute Gasteiger partial charge is 0.307 e. The van der Waals surface area contributed by atoms with Gasteiger partial charge in [0.2, 0.25) is 0 Å². The topological polar surface area (TPSA) is 17.3 Å². The smallest absolute Gasteiger partial charge is 0.136 e. The number of imidazole rings is 1. The predicted octanol–water partition coefficient (Wildman–Crippen LogP) is 3.02. The first-order chi connectivity index (χ1) is 6.70. The van der Waals surface area contributed by atoms with E-state index >= 15 is 0 Å². The summed E-state index contributed by atoms with van der Waals surface area (Å²) >= 11 is 0. The van der Waals surface area contributed by atoms with Crippen LogP contribution in [0.15, 0.2) is 24.5 Å². The van der Waals surface area contributed by atoms with Crippen molar-refractivity contribution in [3.05, 3.63) is 35.8 Å². The first kappa shape index (κ1) is 9.25. The SMILES string of the molecule is CCc1ccc2nc(C(C)C)cn2c1. The number of fused-ring (bicyclic) bond motifs is 1. The maximum Gasteiger partial charge on any atom is 0.136 e. The third-order valence-corrected chi connectivity index (χ3v) is 2.53. The highest BCUT2D eigenvalue weighted by Crippen LogP contribution is 2.15. The van der Waals surface area contributed by atoms with Gasteiger partial charge in [-0.05, 0) is 24.0 Å². The van der Waals surface area contributed by atoms with Gasteiger partial charge in [-0.25, -0.2) is 4.98 Å². The molecule has 2 aromatic heterocycles. The first-order valence-electron chi connectivity index (χ1n) is 5.18. The minimum absolute atomic E-state index is 0.500. The van der Waals surface area contributed by atoms with Crippen molar-refractivity contribution in [1.82, 2.24) is 9.38 Å². The van der Waals surface area contributed by atoms with Gasteiger partial charge in [-0.15, -0.1) is 0 Å². The van der Waals surface area contributed by atoms with Crippen LogP contribution in [0.25, 0.3) is 5.65 Å². The Labute approximate surface area is 84.6 Å². The molecule has 0 aromatic carbocycles. The number of aryl methyl sites for hydroxylation is 1. The van der Waals surface area contributed by atoms with Crippen LogP contribution in [0.5, 0.6) is 0 Å². The molecule has 0 radical (unpaired) electrons. The van der Waals surface area contributed by atoms with Gasteiger partial charge in [0, 0.05) is 12.4 Å². The van der Waals surface area contributed by atoms with Crippen LogP contribution >= 0.6 is 0 Å². The van der Waals surface area contributed by atoms with Crippen molar-refractivity contribution in [1.29, 1.82) is 0 Å². The van der Waals surface area contributed by atoms with Crippen molar-refractivity contribution < 1.29 is 0 Å². The number of pyridine rings is 1. The Morgan fingerprint density at radius 2 is 2.07 bits per heavy atom. The Morgan fingerprint density at radius 3 is 2.71 bits per heavy atom. The molecule has 0 unspecified atom stereocenters. The second-order valence-electron chi connectivity index (χ2n) is 3.98. The van der Waals surface area contributed by atoms with E-state index in [-0.39, 0.29) is 0 Å². The van der Waals surface area contributed by atoms with E-state index in [0.717, 1.165) is 12.1 Å². The minimum atomic E-state index is 0.500. The van der Waals surface area contributed by atoms with Gasteiger partial charge in [0.15, 0.2) is 0 Å². The summed E-state index contributed by atoms with van der Waals surface area (Å²) in [4.78, 5) is 4.55. The van der Waals surface area contributed by atoms with E-state index in [1.54, 1.807) is 0 Å². The molecule has 0 bridgehead atoms. The fourth-order valence-electron chi connectivity index (χ4n) is 1.54. The maximum absolute atomic E-state index is 4.55. The number of hydrogen-bond donors (Lipinski definition) is 0. The highest BCUT2D eigenvalue weighted by Gasteiger charge is 2.04. The molecule has 14 heavy (non-hydrogen) atoms. The van der Waals surface area contributed by atoms with E-state index in [9.17, 15) is 0 Å². The molecule has 0 amide bonds. The lowest BCUT2D eigenvalue weighted by atomic mass is 10.2. The summed E-state index contributed by atoms with van der Waals surface area (Å²) in [7, 11) is 0. The summed E-state index contributed by atoms with van der Waals surface area (Å²) in [6.07, 6.45) is 5.36. The highest BCUT2D eigenvalue weighted by molar-refractivity contribution is 5.41. The van der Waals surface area contributed by atoms with Crippen LogP contribution in [0.1, 0.15) is 37.9 Å². The third-order valence-electron chi connectivity index (χ3n) is 2.53. The van der Waals surface area contributed by atoms with Crippen molar-refractivity contribution in [2.24, 2.45) is 0 Å². The lowest BCUT2D eigenvalue weighted by Crippen LogP contribution is -1.86. The van der Waals surface area contributed by atoms with Crippen LogP contribution in [0.2, 0.25) is 0 Å². The Morgan fingerprint density at radius 1 is 1.29 bits per heavy atom. The summed E-state index contributed by atoms with van der Waals surface area (Å²) in [5, 5.41) is 0.